The third-order valence-electron chi connectivity index (χ3n) is 4.52. The number of rotatable bonds is 5. The van der Waals surface area contributed by atoms with E-state index < -0.39 is 0 Å². The zero-order valence-corrected chi connectivity index (χ0v) is 16.5. The van der Waals surface area contributed by atoms with Crippen molar-refractivity contribution in [2.24, 2.45) is 0 Å². The van der Waals surface area contributed by atoms with Gasteiger partial charge in [0.2, 0.25) is 0 Å². The molecular weight excluding hydrogens is 378 g/mol. The van der Waals surface area contributed by atoms with Crippen molar-refractivity contribution in [3.63, 3.8) is 0 Å². The molecule has 4 aromatic rings. The van der Waals surface area contributed by atoms with Gasteiger partial charge in [0.05, 0.1) is 11.2 Å². The lowest BCUT2D eigenvalue weighted by Gasteiger charge is -2.10. The molecule has 0 fully saturated rings. The number of benzene rings is 2. The van der Waals surface area contributed by atoms with Gasteiger partial charge >= 0.3 is 0 Å². The molecule has 0 aliphatic carbocycles. The van der Waals surface area contributed by atoms with Gasteiger partial charge in [0, 0.05) is 28.9 Å². The van der Waals surface area contributed by atoms with Crippen LogP contribution >= 0.6 is 0 Å². The maximum atomic E-state index is 12.8. The molecule has 0 bridgehead atoms. The smallest absolute Gasteiger partial charge is 0.274 e. The Morgan fingerprint density at radius 2 is 1.70 bits per heavy atom. The number of carbonyl (C=O) groups is 2. The number of para-hydroxylation sites is 1. The fourth-order valence-corrected chi connectivity index (χ4v) is 3.08. The summed E-state index contributed by atoms with van der Waals surface area (Å²) in [5.74, 6) is 0.593. The van der Waals surface area contributed by atoms with Crippen LogP contribution in [0.4, 0.5) is 17.2 Å². The van der Waals surface area contributed by atoms with Crippen LogP contribution in [0.3, 0.4) is 0 Å². The lowest BCUT2D eigenvalue weighted by molar-refractivity contribution is 0.101. The van der Waals surface area contributed by atoms with Crippen molar-refractivity contribution in [2.45, 2.75) is 13.8 Å². The second-order valence-electron chi connectivity index (χ2n) is 6.78. The van der Waals surface area contributed by atoms with Crippen LogP contribution in [0.1, 0.15) is 33.6 Å². The summed E-state index contributed by atoms with van der Waals surface area (Å²) in [5.41, 5.74) is 2.94. The maximum Gasteiger partial charge on any atom is 0.274 e. The van der Waals surface area contributed by atoms with Gasteiger partial charge < -0.3 is 10.6 Å². The summed E-state index contributed by atoms with van der Waals surface area (Å²) in [4.78, 5) is 37.2. The normalized spacial score (nSPS) is 10.6. The number of nitrogens with zero attached hydrogens (tertiary/aromatic N) is 3. The number of pyridine rings is 1. The zero-order chi connectivity index (χ0) is 21.1. The highest BCUT2D eigenvalue weighted by Gasteiger charge is 2.13. The van der Waals surface area contributed by atoms with Crippen LogP contribution in [0.2, 0.25) is 0 Å². The number of aryl methyl sites for hydroxylation is 1. The monoisotopic (exact) mass is 397 g/mol. The molecule has 7 heteroatoms. The van der Waals surface area contributed by atoms with Gasteiger partial charge in [-0.2, -0.15) is 0 Å². The van der Waals surface area contributed by atoms with Crippen LogP contribution in [0.5, 0.6) is 0 Å². The van der Waals surface area contributed by atoms with Crippen molar-refractivity contribution >= 4 is 39.8 Å². The highest BCUT2D eigenvalue weighted by atomic mass is 16.2. The van der Waals surface area contributed by atoms with E-state index in [4.69, 9.17) is 0 Å². The van der Waals surface area contributed by atoms with E-state index in [-0.39, 0.29) is 17.4 Å². The first-order chi connectivity index (χ1) is 14.5. The highest BCUT2D eigenvalue weighted by molar-refractivity contribution is 6.07. The Hall–Kier alpha value is -4.13. The van der Waals surface area contributed by atoms with Crippen molar-refractivity contribution in [2.75, 3.05) is 10.6 Å². The van der Waals surface area contributed by atoms with E-state index in [0.717, 1.165) is 11.1 Å². The van der Waals surface area contributed by atoms with Crippen LogP contribution < -0.4 is 10.6 Å². The molecule has 2 aromatic carbocycles. The Bertz CT molecular complexity index is 1250. The minimum Gasteiger partial charge on any atom is -0.340 e. The average molecular weight is 397 g/mol. The highest BCUT2D eigenvalue weighted by Crippen LogP contribution is 2.22. The van der Waals surface area contributed by atoms with Gasteiger partial charge in [0.1, 0.15) is 17.3 Å². The zero-order valence-electron chi connectivity index (χ0n) is 16.5. The average Bonchev–Trinajstić information content (AvgIpc) is 2.74. The molecule has 4 rings (SSSR count). The van der Waals surface area contributed by atoms with Crippen LogP contribution in [-0.2, 0) is 0 Å². The second-order valence-corrected chi connectivity index (χ2v) is 6.78. The molecule has 0 unspecified atom stereocenters. The molecule has 0 atom stereocenters. The lowest BCUT2D eigenvalue weighted by atomic mass is 10.1. The first kappa shape index (κ1) is 19.2. The summed E-state index contributed by atoms with van der Waals surface area (Å²) in [7, 11) is 0. The van der Waals surface area contributed by atoms with Gasteiger partial charge in [-0.1, -0.05) is 18.2 Å². The molecule has 1 amide bonds. The molecule has 2 heterocycles. The molecule has 0 aliphatic heterocycles. The van der Waals surface area contributed by atoms with Crippen molar-refractivity contribution in [3.05, 3.63) is 83.9 Å². The van der Waals surface area contributed by atoms with Gasteiger partial charge in [-0.25, -0.2) is 9.97 Å². The van der Waals surface area contributed by atoms with Crippen LogP contribution in [0.25, 0.3) is 10.9 Å². The Morgan fingerprint density at radius 1 is 0.933 bits per heavy atom. The van der Waals surface area contributed by atoms with E-state index in [1.165, 1.54) is 6.92 Å². The summed E-state index contributed by atoms with van der Waals surface area (Å²) < 4.78 is 0. The summed E-state index contributed by atoms with van der Waals surface area (Å²) in [5, 5.41) is 6.96. The summed E-state index contributed by atoms with van der Waals surface area (Å²) >= 11 is 0. The largest absolute Gasteiger partial charge is 0.340 e. The number of hydrogen-bond acceptors (Lipinski definition) is 6. The molecule has 0 saturated heterocycles. The minimum absolute atomic E-state index is 0.00122. The first-order valence-electron chi connectivity index (χ1n) is 9.38. The fraction of sp³-hybridized carbons (Fsp3) is 0.0870. The van der Waals surface area contributed by atoms with Gasteiger partial charge in [-0.05, 0) is 50.2 Å². The van der Waals surface area contributed by atoms with Crippen molar-refractivity contribution in [1.29, 1.82) is 0 Å². The van der Waals surface area contributed by atoms with Crippen molar-refractivity contribution in [3.8, 4) is 0 Å². The molecule has 148 valence electrons. The summed E-state index contributed by atoms with van der Waals surface area (Å²) in [6.45, 7) is 3.24. The molecule has 7 nitrogen and oxygen atoms in total. The number of aromatic nitrogens is 3. The van der Waals surface area contributed by atoms with E-state index in [1.807, 2.05) is 24.3 Å². The fourth-order valence-electron chi connectivity index (χ4n) is 3.08. The quantitative estimate of drug-likeness (QED) is 0.480. The Morgan fingerprint density at radius 3 is 2.47 bits per heavy atom. The second kappa shape index (κ2) is 8.08. The number of Topliss-reactive ketones (excluding diaryl/α,β-unsaturated/α-hetero) is 1. The Kier molecular flexibility index (Phi) is 5.17. The number of anilines is 3. The van der Waals surface area contributed by atoms with Gasteiger partial charge in [0.25, 0.3) is 5.91 Å². The topological polar surface area (TPSA) is 96.9 Å². The third kappa shape index (κ3) is 4.15. The van der Waals surface area contributed by atoms with E-state index in [0.29, 0.717) is 28.4 Å². The van der Waals surface area contributed by atoms with Crippen molar-refractivity contribution < 1.29 is 9.59 Å². The summed E-state index contributed by atoms with van der Waals surface area (Å²) in [6.07, 6.45) is 1.69. The maximum absolute atomic E-state index is 12.8. The molecule has 2 aromatic heterocycles. The van der Waals surface area contributed by atoms with Crippen LogP contribution in [-0.4, -0.2) is 26.6 Å². The van der Waals surface area contributed by atoms with Crippen LogP contribution in [0.15, 0.2) is 66.9 Å². The number of hydrogen-bond donors (Lipinski definition) is 2. The molecule has 0 aliphatic rings. The molecule has 30 heavy (non-hydrogen) atoms. The number of fused-ring (bicyclic) bond motifs is 1. The predicted octanol–water partition coefficient (Wildman–Crippen LogP) is 4.53. The SMILES string of the molecule is CC(=O)c1ccc(Nc2cc(C(=O)Nc3cccc4cccnc34)nc(C)n2)cc1. The Labute approximate surface area is 173 Å². The molecule has 0 radical (unpaired) electrons. The third-order valence-corrected chi connectivity index (χ3v) is 4.52. The number of ketones is 1. The minimum atomic E-state index is -0.353. The number of carbonyl (C=O) groups excluding carboxylic acids is 2. The van der Waals surface area contributed by atoms with E-state index in [2.05, 4.69) is 25.6 Å². The van der Waals surface area contributed by atoms with Crippen molar-refractivity contribution in [1.82, 2.24) is 15.0 Å². The number of amides is 1. The predicted molar refractivity (Wildman–Crippen MR) is 116 cm³/mol. The van der Waals surface area contributed by atoms with Gasteiger partial charge in [-0.15, -0.1) is 0 Å². The van der Waals surface area contributed by atoms with Gasteiger partial charge in [0.15, 0.2) is 5.78 Å². The first-order valence-corrected chi connectivity index (χ1v) is 9.38. The molecular formula is C23H19N5O2. The van der Waals surface area contributed by atoms with E-state index in [1.54, 1.807) is 49.5 Å². The lowest BCUT2D eigenvalue weighted by Crippen LogP contribution is -2.15. The molecule has 0 spiro atoms. The molecule has 2 N–H and O–H groups in total. The van der Waals surface area contributed by atoms with E-state index >= 15 is 0 Å². The molecule has 0 saturated carbocycles. The van der Waals surface area contributed by atoms with Gasteiger partial charge in [-0.3, -0.25) is 14.6 Å². The Balaban J connectivity index is 1.57. The van der Waals surface area contributed by atoms with Crippen LogP contribution in [0, 0.1) is 6.92 Å². The number of nitrogens with one attached hydrogen (secondary N) is 2. The standard InChI is InChI=1S/C23H19N5O2/c1-14(29)16-8-10-18(11-9-16)27-21-13-20(25-15(2)26-21)23(30)28-19-7-3-5-17-6-4-12-24-22(17)19/h3-13H,1-2H3,(H,28,30)(H,25,26,27). The van der Waals surface area contributed by atoms with E-state index in [9.17, 15) is 9.59 Å². The summed E-state index contributed by atoms with van der Waals surface area (Å²) in [6, 6.07) is 18.0.